The lowest BCUT2D eigenvalue weighted by molar-refractivity contribution is -0.153. The molecule has 0 saturated carbocycles. The van der Waals surface area contributed by atoms with Crippen molar-refractivity contribution in [3.63, 3.8) is 0 Å². The molecule has 0 spiro atoms. The molecule has 14 aromatic rings. The summed E-state index contributed by atoms with van der Waals surface area (Å²) in [5, 5.41) is 18.9. The van der Waals surface area contributed by atoms with Crippen LogP contribution in [0.15, 0.2) is 255 Å². The van der Waals surface area contributed by atoms with Crippen LogP contribution in [0.3, 0.4) is 0 Å². The zero-order valence-electron chi connectivity index (χ0n) is 72.6. The summed E-state index contributed by atoms with van der Waals surface area (Å²) in [6, 6.07) is 47.4. The number of nitrogens with one attached hydrogen (secondary N) is 3. The van der Waals surface area contributed by atoms with E-state index in [4.69, 9.17) is 25.3 Å². The molecule has 3 radical (unpaired) electrons. The van der Waals surface area contributed by atoms with E-state index in [1.807, 2.05) is 126 Å². The fourth-order valence-corrected chi connectivity index (χ4v) is 13.4. The van der Waals surface area contributed by atoms with Gasteiger partial charge in [0, 0.05) is 128 Å². The van der Waals surface area contributed by atoms with Gasteiger partial charge in [-0.1, -0.05) is 98.4 Å². The number of aryl methyl sites for hydroxylation is 9. The molecule has 45 heteroatoms. The molecular formula is C87H100BClF2I2N17O19S3. The Morgan fingerprint density at radius 3 is 1.36 bits per heavy atom. The number of ether oxygens (including phenoxy) is 3. The maximum atomic E-state index is 14.0. The number of thioether (sulfide) groups is 1. The first-order chi connectivity index (χ1) is 60.9. The van der Waals surface area contributed by atoms with E-state index in [2.05, 4.69) is 50.3 Å². The second kappa shape index (κ2) is 53.2. The average molecular weight is 2120 g/mol. The number of nitrogens with two attached hydrogens (primary N) is 1. The highest BCUT2D eigenvalue weighted by Gasteiger charge is 2.23. The Balaban J connectivity index is 0.000000516. The summed E-state index contributed by atoms with van der Waals surface area (Å²) in [5.41, 5.74) is 5.60. The molecule has 132 heavy (non-hydrogen) atoms. The van der Waals surface area contributed by atoms with Gasteiger partial charge in [0.2, 0.25) is 0 Å². The molecule has 6 N–H and O–H groups in total. The van der Waals surface area contributed by atoms with E-state index in [-0.39, 0.29) is 149 Å². The van der Waals surface area contributed by atoms with Crippen LogP contribution in [0, 0.1) is 32.6 Å². The predicted molar refractivity (Wildman–Crippen MR) is 529 cm³/mol. The summed E-state index contributed by atoms with van der Waals surface area (Å²) in [7, 11) is 13.2. The van der Waals surface area contributed by atoms with Gasteiger partial charge in [-0.2, -0.15) is 8.42 Å². The normalized spacial score (nSPS) is 10.2. The zero-order valence-corrected chi connectivity index (χ0v) is 80.1. The van der Waals surface area contributed by atoms with Crippen LogP contribution in [-0.2, 0) is 94.6 Å². The molecule has 14 rings (SSSR count). The average Bonchev–Trinajstić information content (AvgIpc) is 0.768. The number of aromatic nitrogens is 13. The van der Waals surface area contributed by atoms with Crippen LogP contribution in [0.4, 0.5) is 37.5 Å². The smallest absolute Gasteiger partial charge is 0.339 e. The van der Waals surface area contributed by atoms with E-state index >= 15 is 0 Å². The molecule has 0 bridgehead atoms. The second-order valence-electron chi connectivity index (χ2n) is 26.6. The molecular weight excluding hydrogens is 2020 g/mol. The third kappa shape index (κ3) is 33.0. The third-order valence-electron chi connectivity index (χ3n) is 17.2. The minimum Gasteiger partial charge on any atom is -0.507 e. The highest BCUT2D eigenvalue weighted by atomic mass is 127. The molecule has 0 unspecified atom stereocenters. The summed E-state index contributed by atoms with van der Waals surface area (Å²) in [4.78, 5) is 135. The van der Waals surface area contributed by atoms with Crippen molar-refractivity contribution >= 4 is 169 Å². The first-order valence-corrected chi connectivity index (χ1v) is 44.9. The van der Waals surface area contributed by atoms with E-state index in [1.54, 1.807) is 97.6 Å². The Labute approximate surface area is 797 Å². The molecule has 0 saturated heterocycles. The van der Waals surface area contributed by atoms with Crippen LogP contribution in [-0.4, -0.2) is 137 Å². The molecule has 0 fully saturated rings. The zero-order chi connectivity index (χ0) is 95.9. The van der Waals surface area contributed by atoms with Crippen molar-refractivity contribution < 1.29 is 60.1 Å². The van der Waals surface area contributed by atoms with E-state index in [1.165, 1.54) is 159 Å². The van der Waals surface area contributed by atoms with Crippen molar-refractivity contribution in [1.82, 2.24) is 61.5 Å². The highest BCUT2D eigenvalue weighted by molar-refractivity contribution is 14.1. The fraction of sp³-hybridized carbons (Fsp3) is 0.230. The number of nitrogen functional groups attached to an aromatic ring is 1. The molecule has 0 aliphatic heterocycles. The van der Waals surface area contributed by atoms with E-state index in [0.29, 0.717) is 16.8 Å². The summed E-state index contributed by atoms with van der Waals surface area (Å²) >= 11 is 5.48. The Kier molecular flexibility index (Phi) is 45.5. The van der Waals surface area contributed by atoms with Crippen LogP contribution in [0.25, 0.3) is 33.1 Å². The number of hydrogen-bond acceptors (Lipinski definition) is 29. The van der Waals surface area contributed by atoms with Gasteiger partial charge in [-0.15, -0.1) is 0 Å². The monoisotopic (exact) mass is 2120 g/mol. The maximum absolute atomic E-state index is 14.0. The lowest BCUT2D eigenvalue weighted by atomic mass is 10.2. The Hall–Kier alpha value is -13.2. The highest BCUT2D eigenvalue weighted by Crippen LogP contribution is 2.27. The molecule has 8 heterocycles. The van der Waals surface area contributed by atoms with Gasteiger partial charge in [0.1, 0.15) is 68.0 Å². The van der Waals surface area contributed by atoms with E-state index in [9.17, 15) is 78.7 Å². The number of rotatable bonds is 15. The van der Waals surface area contributed by atoms with Crippen LogP contribution in [0.1, 0.15) is 47.7 Å². The van der Waals surface area contributed by atoms with Crippen molar-refractivity contribution in [3.8, 4) is 23.0 Å². The van der Waals surface area contributed by atoms with Gasteiger partial charge in [0.15, 0.2) is 27.8 Å². The van der Waals surface area contributed by atoms with Crippen LogP contribution < -0.4 is 75.1 Å². The number of esters is 2. The lowest BCUT2D eigenvalue weighted by Gasteiger charge is -2.12. The predicted octanol–water partition coefficient (Wildman–Crippen LogP) is 11.6. The van der Waals surface area contributed by atoms with Crippen molar-refractivity contribution in [3.05, 3.63) is 314 Å². The van der Waals surface area contributed by atoms with Crippen molar-refractivity contribution in [2.45, 2.75) is 63.9 Å². The number of carbonyl (C=O) groups excluding carboxylic acids is 2. The van der Waals surface area contributed by atoms with Crippen LogP contribution in [0.5, 0.6) is 23.0 Å². The number of nitrogens with zero attached hydrogens (tertiary/aromatic N) is 13. The van der Waals surface area contributed by atoms with Gasteiger partial charge in [-0.3, -0.25) is 66.2 Å². The van der Waals surface area contributed by atoms with Gasteiger partial charge < -0.3 is 63.5 Å². The summed E-state index contributed by atoms with van der Waals surface area (Å²) in [6.07, 6.45) is 6.99. The largest absolute Gasteiger partial charge is 0.507 e. The van der Waals surface area contributed by atoms with Gasteiger partial charge in [0.05, 0.1) is 60.5 Å². The Bertz CT molecular complexity index is 7040. The van der Waals surface area contributed by atoms with Crippen LogP contribution in [0.2, 0.25) is 0 Å². The molecule has 6 aromatic carbocycles. The number of pyridine rings is 3. The summed E-state index contributed by atoms with van der Waals surface area (Å²) < 4.78 is 105. The topological polar surface area (TPSA) is 462 Å². The molecule has 0 aliphatic rings. The number of halogens is 5. The number of fused-ring (bicyclic) bond motifs is 3. The minimum absolute atomic E-state index is 0. The fourth-order valence-electron chi connectivity index (χ4n) is 10.3. The SMILES string of the molecule is C.C.CCOC(=O)CC(=O)OCC.CNc1cc(=O)n(C)c(SC)n1.CNc1cc(=O)n(C)cn1.Cc1ccc(S(=O)(=O)Cl)cc1.Cc1ccc(S(=O)(=O)Oc2cc(=O)n(C)c3ncn(C)c(=O)c23)cc1.Cn1cnc2c(c(Nc3ccc(I)cc3F)cc(=O)n2C)c1=O.Cn1cnc2c(c(O)cc(=O)n2C)c1=O.Nc1ccc(I)cc1F.[2HH].[B].c1ccc(Oc2ccccc2)cc1. The molecule has 0 aliphatic carbocycles. The molecule has 0 atom stereocenters. The first-order valence-electron chi connectivity index (χ1n) is 37.8. The minimum atomic E-state index is -4.20. The molecule has 703 valence electrons. The van der Waals surface area contributed by atoms with Gasteiger partial charge in [-0.05, 0) is 164 Å². The number of anilines is 5. The number of carbonyl (C=O) groups is 2. The molecule has 8 aromatic heterocycles. The molecule has 0 amide bonds. The first kappa shape index (κ1) is 113. The van der Waals surface area contributed by atoms with Gasteiger partial charge in [-0.25, -0.2) is 42.1 Å². The second-order valence-corrected chi connectivity index (χ2v) is 34.0. The Morgan fingerprint density at radius 1 is 0.508 bits per heavy atom. The summed E-state index contributed by atoms with van der Waals surface area (Å²) in [6.45, 7) is 7.65. The number of para-hydroxylation sites is 2. The number of benzene rings is 6. The van der Waals surface area contributed by atoms with Gasteiger partial charge >= 0.3 is 22.1 Å². The van der Waals surface area contributed by atoms with E-state index in [0.717, 1.165) is 46.5 Å². The van der Waals surface area contributed by atoms with Crippen molar-refractivity contribution in [1.29, 1.82) is 0 Å². The third-order valence-corrected chi connectivity index (χ3v) is 21.9. The Morgan fingerprint density at radius 2 is 0.917 bits per heavy atom. The number of aromatic hydroxyl groups is 1. The van der Waals surface area contributed by atoms with Gasteiger partial charge in [0.25, 0.3) is 53.5 Å². The van der Waals surface area contributed by atoms with Crippen LogP contribution >= 0.6 is 67.6 Å². The quantitative estimate of drug-likeness (QED) is 0.00732. The van der Waals surface area contributed by atoms with Crippen molar-refractivity contribution in [2.75, 3.05) is 55.2 Å². The summed E-state index contributed by atoms with van der Waals surface area (Å²) in [5.74, 6) is 0.396. The maximum Gasteiger partial charge on any atom is 0.339 e. The van der Waals surface area contributed by atoms with E-state index < -0.39 is 53.6 Å². The number of hydrogen-bond donors (Lipinski definition) is 5. The van der Waals surface area contributed by atoms with Crippen molar-refractivity contribution in [2.24, 2.45) is 56.4 Å². The standard InChI is InChI=1S/C16H15N3O5S.C15H12FIN4O2.C12H10O.C9H9N3O3.C7H7ClO2S.C7H11N3OS.C7H12O4.C6H5FIN.C6H9N3O.2CH4.B.H2/c1-10-4-6-11(7-5-10)25(22,23)24-12-8-13(20)19(3)15-14(12)16(21)18(2)9-17-15;1-20-7-18-14-13(15(20)23)11(6-12(22)21(14)2)19-10-4-3-8(17)5-9(10)16;1-3-7-11(8-4-1)13-12-9-5-2-6-10-12;1-11-4-10-8-7(9(11)15)5(13)3-6(14)12(8)2;1-6-2-4-7(5-3-6)11(8,9)10;1-8-5-4-6(11)10(2)7(9-5)12-3;1-3-10-6(8)5-7(9)11-4-2;7-5-3-4(8)1-2-6(5)9;1-7-5-3-6(10)9(2)4-8-5;;;;/h4-9H,1-3H3;3-7,19H,1-2H3;1-10H;3-4,13H,1-2H3;2-5H,1H3;4,8H,1-3H3;3-5H2,1-2H3;1-3H,9H2;3-4,7H,1-2H3;2*1H4;;1H/i;;;;;;;;;;;;1+1. The molecule has 36 nitrogen and oxygen atoms in total. The lowest BCUT2D eigenvalue weighted by Crippen LogP contribution is -2.25.